The average molecular weight is 389 g/mol. The van der Waals surface area contributed by atoms with Crippen molar-refractivity contribution in [3.05, 3.63) is 33.8 Å². The Balaban J connectivity index is 2.71. The first-order chi connectivity index (χ1) is 11.7. The molecule has 1 aromatic rings. The van der Waals surface area contributed by atoms with Crippen molar-refractivity contribution in [1.82, 2.24) is 10.6 Å². The third kappa shape index (κ3) is 6.21. The standard InChI is InChI=1S/C17H22Cl2N2O4/c1-3-9-20-14(22)5-4-6-15(23)21-17(2,16(24)25)11-7-8-12(18)13(19)10-11/h7-8,10H,3-6,9H2,1-2H3,(H,20,22)(H,21,23)(H,24,25). The number of aliphatic carboxylic acids is 1. The van der Waals surface area contributed by atoms with Crippen molar-refractivity contribution in [3.8, 4) is 0 Å². The zero-order valence-corrected chi connectivity index (χ0v) is 15.7. The second-order valence-electron chi connectivity index (χ2n) is 5.81. The molecule has 0 aromatic heterocycles. The molecule has 138 valence electrons. The molecule has 6 nitrogen and oxygen atoms in total. The lowest BCUT2D eigenvalue weighted by Crippen LogP contribution is -2.49. The first kappa shape index (κ1) is 21.3. The van der Waals surface area contributed by atoms with Gasteiger partial charge in [-0.2, -0.15) is 0 Å². The van der Waals surface area contributed by atoms with Gasteiger partial charge in [-0.3, -0.25) is 9.59 Å². The van der Waals surface area contributed by atoms with E-state index >= 15 is 0 Å². The molecule has 25 heavy (non-hydrogen) atoms. The van der Waals surface area contributed by atoms with Crippen LogP contribution in [0.2, 0.25) is 10.0 Å². The van der Waals surface area contributed by atoms with Gasteiger partial charge in [0.25, 0.3) is 0 Å². The average Bonchev–Trinajstić information content (AvgIpc) is 2.55. The SMILES string of the molecule is CCCNC(=O)CCCC(=O)NC(C)(C(=O)O)c1ccc(Cl)c(Cl)c1. The first-order valence-corrected chi connectivity index (χ1v) is 8.73. The lowest BCUT2D eigenvalue weighted by atomic mass is 9.91. The number of benzene rings is 1. The topological polar surface area (TPSA) is 95.5 Å². The van der Waals surface area contributed by atoms with Gasteiger partial charge in [-0.25, -0.2) is 4.79 Å². The molecule has 0 bridgehead atoms. The smallest absolute Gasteiger partial charge is 0.333 e. The molecule has 0 saturated carbocycles. The van der Waals surface area contributed by atoms with Gasteiger partial charge in [0.1, 0.15) is 0 Å². The largest absolute Gasteiger partial charge is 0.479 e. The van der Waals surface area contributed by atoms with E-state index in [1.54, 1.807) is 0 Å². The Bertz CT molecular complexity index is 652. The number of nitrogens with one attached hydrogen (secondary N) is 2. The molecule has 2 amide bonds. The number of rotatable bonds is 9. The van der Waals surface area contributed by atoms with Gasteiger partial charge in [0.05, 0.1) is 10.0 Å². The number of hydrogen-bond acceptors (Lipinski definition) is 3. The summed E-state index contributed by atoms with van der Waals surface area (Å²) in [6.07, 6.45) is 1.43. The molecule has 0 saturated heterocycles. The molecular formula is C17H22Cl2N2O4. The quantitative estimate of drug-likeness (QED) is 0.605. The number of hydrogen-bond donors (Lipinski definition) is 3. The molecule has 0 heterocycles. The maximum Gasteiger partial charge on any atom is 0.333 e. The molecule has 8 heteroatoms. The van der Waals surface area contributed by atoms with E-state index in [0.717, 1.165) is 6.42 Å². The summed E-state index contributed by atoms with van der Waals surface area (Å²) < 4.78 is 0. The molecule has 0 spiro atoms. The van der Waals surface area contributed by atoms with Gasteiger partial charge < -0.3 is 15.7 Å². The molecule has 0 aliphatic heterocycles. The van der Waals surface area contributed by atoms with Crippen LogP contribution in [-0.2, 0) is 19.9 Å². The van der Waals surface area contributed by atoms with Crippen LogP contribution >= 0.6 is 23.2 Å². The van der Waals surface area contributed by atoms with Crippen LogP contribution in [0.15, 0.2) is 18.2 Å². The monoisotopic (exact) mass is 388 g/mol. The fourth-order valence-corrected chi connectivity index (χ4v) is 2.46. The lowest BCUT2D eigenvalue weighted by molar-refractivity contribution is -0.147. The van der Waals surface area contributed by atoms with E-state index in [1.165, 1.54) is 25.1 Å². The summed E-state index contributed by atoms with van der Waals surface area (Å²) in [6.45, 7) is 3.92. The molecule has 1 atom stereocenters. The Hall–Kier alpha value is -1.79. The number of carbonyl (C=O) groups is 3. The van der Waals surface area contributed by atoms with E-state index < -0.39 is 17.4 Å². The highest BCUT2D eigenvalue weighted by Crippen LogP contribution is 2.29. The minimum Gasteiger partial charge on any atom is -0.479 e. The van der Waals surface area contributed by atoms with Crippen LogP contribution in [0.25, 0.3) is 0 Å². The minimum absolute atomic E-state index is 0.0454. The van der Waals surface area contributed by atoms with Crippen molar-refractivity contribution in [2.45, 2.75) is 45.1 Å². The van der Waals surface area contributed by atoms with E-state index in [2.05, 4.69) is 10.6 Å². The summed E-state index contributed by atoms with van der Waals surface area (Å²) in [5.41, 5.74) is -1.33. The Morgan fingerprint density at radius 2 is 1.76 bits per heavy atom. The number of halogens is 2. The van der Waals surface area contributed by atoms with Crippen LogP contribution in [0.3, 0.4) is 0 Å². The molecule has 0 aliphatic rings. The third-order valence-electron chi connectivity index (χ3n) is 3.69. The predicted molar refractivity (Wildman–Crippen MR) is 96.7 cm³/mol. The van der Waals surface area contributed by atoms with Crippen molar-refractivity contribution in [1.29, 1.82) is 0 Å². The van der Waals surface area contributed by atoms with Gasteiger partial charge in [-0.1, -0.05) is 36.2 Å². The molecule has 1 unspecified atom stereocenters. The van der Waals surface area contributed by atoms with Gasteiger partial charge >= 0.3 is 5.97 Å². The van der Waals surface area contributed by atoms with Crippen LogP contribution in [0.1, 0.15) is 45.1 Å². The zero-order chi connectivity index (χ0) is 19.0. The van der Waals surface area contributed by atoms with Gasteiger partial charge in [0, 0.05) is 19.4 Å². The number of carboxylic acid groups (broad SMARTS) is 1. The van der Waals surface area contributed by atoms with E-state index in [1.807, 2.05) is 6.92 Å². The maximum atomic E-state index is 12.1. The number of amides is 2. The van der Waals surface area contributed by atoms with Crippen molar-refractivity contribution in [2.24, 2.45) is 0 Å². The highest BCUT2D eigenvalue weighted by atomic mass is 35.5. The number of carbonyl (C=O) groups excluding carboxylic acids is 2. The molecule has 1 rings (SSSR count). The van der Waals surface area contributed by atoms with E-state index in [0.29, 0.717) is 23.6 Å². The summed E-state index contributed by atoms with van der Waals surface area (Å²) in [5, 5.41) is 15.3. The second-order valence-corrected chi connectivity index (χ2v) is 6.63. The first-order valence-electron chi connectivity index (χ1n) is 7.97. The highest BCUT2D eigenvalue weighted by molar-refractivity contribution is 6.42. The molecule has 1 aromatic carbocycles. The summed E-state index contributed by atoms with van der Waals surface area (Å²) >= 11 is 11.8. The Labute approximate surface area is 156 Å². The summed E-state index contributed by atoms with van der Waals surface area (Å²) in [6, 6.07) is 4.39. The van der Waals surface area contributed by atoms with Crippen molar-refractivity contribution < 1.29 is 19.5 Å². The van der Waals surface area contributed by atoms with Crippen LogP contribution in [-0.4, -0.2) is 29.4 Å². The van der Waals surface area contributed by atoms with Gasteiger partial charge in [-0.05, 0) is 37.5 Å². The van der Waals surface area contributed by atoms with Gasteiger partial charge in [0.2, 0.25) is 11.8 Å². The van der Waals surface area contributed by atoms with Crippen LogP contribution in [0.5, 0.6) is 0 Å². The normalized spacial score (nSPS) is 13.0. The van der Waals surface area contributed by atoms with Gasteiger partial charge in [0.15, 0.2) is 5.54 Å². The maximum absolute atomic E-state index is 12.1. The Kier molecular flexibility index (Phi) is 8.19. The third-order valence-corrected chi connectivity index (χ3v) is 4.43. The molecule has 0 radical (unpaired) electrons. The summed E-state index contributed by atoms with van der Waals surface area (Å²) in [4.78, 5) is 35.3. The predicted octanol–water partition coefficient (Wildman–Crippen LogP) is 3.11. The van der Waals surface area contributed by atoms with Crippen LogP contribution < -0.4 is 10.6 Å². The summed E-state index contributed by atoms with van der Waals surface area (Å²) in [7, 11) is 0. The zero-order valence-electron chi connectivity index (χ0n) is 14.2. The fourth-order valence-electron chi connectivity index (χ4n) is 2.16. The van der Waals surface area contributed by atoms with Crippen molar-refractivity contribution >= 4 is 41.0 Å². The van der Waals surface area contributed by atoms with Crippen LogP contribution in [0.4, 0.5) is 0 Å². The Morgan fingerprint density at radius 1 is 1.12 bits per heavy atom. The van der Waals surface area contributed by atoms with Crippen LogP contribution in [0, 0.1) is 0 Å². The molecular weight excluding hydrogens is 367 g/mol. The minimum atomic E-state index is -1.64. The fraction of sp³-hybridized carbons (Fsp3) is 0.471. The van der Waals surface area contributed by atoms with Crippen molar-refractivity contribution in [3.63, 3.8) is 0 Å². The van der Waals surface area contributed by atoms with E-state index in [9.17, 15) is 19.5 Å². The van der Waals surface area contributed by atoms with Gasteiger partial charge in [-0.15, -0.1) is 0 Å². The van der Waals surface area contributed by atoms with E-state index in [4.69, 9.17) is 23.2 Å². The number of carboxylic acids is 1. The second kappa shape index (κ2) is 9.63. The van der Waals surface area contributed by atoms with Crippen molar-refractivity contribution in [2.75, 3.05) is 6.54 Å². The Morgan fingerprint density at radius 3 is 2.32 bits per heavy atom. The summed E-state index contributed by atoms with van der Waals surface area (Å²) in [5.74, 6) is -1.81. The lowest BCUT2D eigenvalue weighted by Gasteiger charge is -2.27. The molecule has 3 N–H and O–H groups in total. The highest BCUT2D eigenvalue weighted by Gasteiger charge is 2.37. The molecule has 0 fully saturated rings. The molecule has 0 aliphatic carbocycles. The van der Waals surface area contributed by atoms with E-state index in [-0.39, 0.29) is 23.8 Å².